The van der Waals surface area contributed by atoms with Gasteiger partial charge in [0.15, 0.2) is 0 Å². The van der Waals surface area contributed by atoms with Crippen LogP contribution in [0, 0.1) is 5.92 Å². The second-order valence-corrected chi connectivity index (χ2v) is 4.39. The van der Waals surface area contributed by atoms with Crippen molar-refractivity contribution in [3.63, 3.8) is 0 Å². The lowest BCUT2D eigenvalue weighted by molar-refractivity contribution is 0.0919. The molecule has 1 unspecified atom stereocenters. The summed E-state index contributed by atoms with van der Waals surface area (Å²) in [5.74, 6) is 0.545. The monoisotopic (exact) mass is 233 g/mol. The molecule has 0 amide bonds. The molecule has 0 aliphatic heterocycles. The Balaban J connectivity index is 2.04. The van der Waals surface area contributed by atoms with Crippen molar-refractivity contribution in [2.24, 2.45) is 5.92 Å². The average Bonchev–Trinajstić information content (AvgIpc) is 2.36. The van der Waals surface area contributed by atoms with Gasteiger partial charge in [-0.05, 0) is 31.0 Å². The second kappa shape index (κ2) is 8.97. The molecule has 2 heteroatoms. The molecular formula is C15H23NO. The number of benzene rings is 1. The van der Waals surface area contributed by atoms with Gasteiger partial charge in [-0.1, -0.05) is 43.3 Å². The van der Waals surface area contributed by atoms with Gasteiger partial charge >= 0.3 is 0 Å². The Bertz CT molecular complexity index is 297. The van der Waals surface area contributed by atoms with Gasteiger partial charge in [-0.3, -0.25) is 0 Å². The molecule has 1 aromatic rings. The minimum Gasteiger partial charge on any atom is -0.376 e. The summed E-state index contributed by atoms with van der Waals surface area (Å²) in [4.78, 5) is 0. The highest BCUT2D eigenvalue weighted by Crippen LogP contribution is 2.02. The van der Waals surface area contributed by atoms with E-state index in [1.165, 1.54) is 5.56 Å². The minimum atomic E-state index is 0.545. The fourth-order valence-corrected chi connectivity index (χ4v) is 1.56. The average molecular weight is 233 g/mol. The fraction of sp³-hybridized carbons (Fsp3) is 0.467. The smallest absolute Gasteiger partial charge is 0.0717 e. The van der Waals surface area contributed by atoms with E-state index in [0.29, 0.717) is 12.5 Å². The van der Waals surface area contributed by atoms with Gasteiger partial charge in [0.05, 0.1) is 13.2 Å². The van der Waals surface area contributed by atoms with E-state index in [4.69, 9.17) is 4.74 Å². The lowest BCUT2D eigenvalue weighted by Crippen LogP contribution is -2.24. The van der Waals surface area contributed by atoms with Crippen molar-refractivity contribution in [3.05, 3.63) is 48.6 Å². The number of hydrogen-bond donors (Lipinski definition) is 1. The van der Waals surface area contributed by atoms with Gasteiger partial charge in [0.1, 0.15) is 0 Å². The van der Waals surface area contributed by atoms with Crippen LogP contribution in [0.1, 0.15) is 18.9 Å². The molecule has 1 N–H and O–H groups in total. The zero-order chi connectivity index (χ0) is 12.3. The van der Waals surface area contributed by atoms with Crippen LogP contribution in [0.4, 0.5) is 0 Å². The Morgan fingerprint density at radius 1 is 1.35 bits per heavy atom. The molecule has 0 radical (unpaired) electrons. The van der Waals surface area contributed by atoms with E-state index < -0.39 is 0 Å². The number of hydrogen-bond acceptors (Lipinski definition) is 2. The lowest BCUT2D eigenvalue weighted by atomic mass is 10.2. The summed E-state index contributed by atoms with van der Waals surface area (Å²) >= 11 is 0. The van der Waals surface area contributed by atoms with E-state index in [-0.39, 0.29) is 0 Å². The zero-order valence-corrected chi connectivity index (χ0v) is 10.7. The van der Waals surface area contributed by atoms with Gasteiger partial charge < -0.3 is 10.1 Å². The van der Waals surface area contributed by atoms with Crippen LogP contribution in [0.3, 0.4) is 0 Å². The largest absolute Gasteiger partial charge is 0.376 e. The van der Waals surface area contributed by atoms with E-state index in [1.807, 2.05) is 24.3 Å². The topological polar surface area (TPSA) is 21.3 Å². The number of nitrogens with one attached hydrogen (secondary N) is 1. The molecule has 94 valence electrons. The Morgan fingerprint density at radius 3 is 2.82 bits per heavy atom. The Morgan fingerprint density at radius 2 is 2.12 bits per heavy atom. The lowest BCUT2D eigenvalue weighted by Gasteiger charge is -2.12. The van der Waals surface area contributed by atoms with Crippen molar-refractivity contribution in [1.82, 2.24) is 5.32 Å². The summed E-state index contributed by atoms with van der Waals surface area (Å²) in [7, 11) is 0. The Hall–Kier alpha value is -1.12. The van der Waals surface area contributed by atoms with Crippen molar-refractivity contribution in [2.75, 3.05) is 19.7 Å². The van der Waals surface area contributed by atoms with Crippen molar-refractivity contribution >= 4 is 0 Å². The normalized spacial score (nSPS) is 12.3. The zero-order valence-electron chi connectivity index (χ0n) is 10.7. The van der Waals surface area contributed by atoms with E-state index in [0.717, 1.165) is 26.1 Å². The maximum absolute atomic E-state index is 5.68. The van der Waals surface area contributed by atoms with Crippen molar-refractivity contribution in [2.45, 2.75) is 20.0 Å². The van der Waals surface area contributed by atoms with Crippen LogP contribution < -0.4 is 5.32 Å². The van der Waals surface area contributed by atoms with Crippen molar-refractivity contribution in [3.8, 4) is 0 Å². The predicted molar refractivity (Wildman–Crippen MR) is 72.9 cm³/mol. The molecule has 0 aliphatic rings. The highest BCUT2D eigenvalue weighted by atomic mass is 16.5. The minimum absolute atomic E-state index is 0.545. The van der Waals surface area contributed by atoms with Crippen molar-refractivity contribution < 1.29 is 4.74 Å². The van der Waals surface area contributed by atoms with Crippen LogP contribution in [0.15, 0.2) is 43.0 Å². The second-order valence-electron chi connectivity index (χ2n) is 4.39. The predicted octanol–water partition coefficient (Wildman–Crippen LogP) is 3.01. The molecule has 1 rings (SSSR count). The van der Waals surface area contributed by atoms with Crippen LogP contribution in [0.2, 0.25) is 0 Å². The van der Waals surface area contributed by atoms with Gasteiger partial charge in [0.25, 0.3) is 0 Å². The van der Waals surface area contributed by atoms with Gasteiger partial charge in [-0.15, -0.1) is 6.58 Å². The Labute approximate surface area is 105 Å². The first-order chi connectivity index (χ1) is 8.33. The van der Waals surface area contributed by atoms with E-state index in [1.54, 1.807) is 0 Å². The highest BCUT2D eigenvalue weighted by molar-refractivity contribution is 5.13. The summed E-state index contributed by atoms with van der Waals surface area (Å²) in [6.07, 6.45) is 2.96. The molecule has 0 aliphatic carbocycles. The summed E-state index contributed by atoms with van der Waals surface area (Å²) < 4.78 is 5.68. The quantitative estimate of drug-likeness (QED) is 0.523. The molecular weight excluding hydrogens is 210 g/mol. The van der Waals surface area contributed by atoms with Crippen LogP contribution >= 0.6 is 0 Å². The molecule has 0 heterocycles. The SMILES string of the molecule is C=CCCNCC(C)COCc1ccccc1. The number of ether oxygens (including phenoxy) is 1. The van der Waals surface area contributed by atoms with Crippen LogP contribution in [-0.2, 0) is 11.3 Å². The molecule has 0 saturated heterocycles. The molecule has 0 saturated carbocycles. The third-order valence-electron chi connectivity index (χ3n) is 2.53. The first kappa shape index (κ1) is 13.9. The van der Waals surface area contributed by atoms with Crippen molar-refractivity contribution in [1.29, 1.82) is 0 Å². The third kappa shape index (κ3) is 6.93. The third-order valence-corrected chi connectivity index (χ3v) is 2.53. The molecule has 17 heavy (non-hydrogen) atoms. The summed E-state index contributed by atoms with van der Waals surface area (Å²) in [6, 6.07) is 10.3. The van der Waals surface area contributed by atoms with Gasteiger partial charge in [0.2, 0.25) is 0 Å². The highest BCUT2D eigenvalue weighted by Gasteiger charge is 2.01. The first-order valence-electron chi connectivity index (χ1n) is 6.26. The van der Waals surface area contributed by atoms with E-state index in [9.17, 15) is 0 Å². The van der Waals surface area contributed by atoms with E-state index >= 15 is 0 Å². The summed E-state index contributed by atoms with van der Waals surface area (Å²) in [6.45, 7) is 9.41. The summed E-state index contributed by atoms with van der Waals surface area (Å²) in [5.41, 5.74) is 1.24. The Kier molecular flexibility index (Phi) is 7.35. The molecule has 1 aromatic carbocycles. The molecule has 0 spiro atoms. The maximum Gasteiger partial charge on any atom is 0.0717 e. The van der Waals surface area contributed by atoms with Crippen LogP contribution in [0.5, 0.6) is 0 Å². The van der Waals surface area contributed by atoms with Gasteiger partial charge in [-0.25, -0.2) is 0 Å². The molecule has 0 fully saturated rings. The van der Waals surface area contributed by atoms with Gasteiger partial charge in [0, 0.05) is 0 Å². The van der Waals surface area contributed by atoms with Gasteiger partial charge in [-0.2, -0.15) is 0 Å². The molecule has 0 bridgehead atoms. The summed E-state index contributed by atoms with van der Waals surface area (Å²) in [5, 5.41) is 3.38. The standard InChI is InChI=1S/C15H23NO/c1-3-4-10-16-11-14(2)12-17-13-15-8-6-5-7-9-15/h3,5-9,14,16H,1,4,10-13H2,2H3. The van der Waals surface area contributed by atoms with E-state index in [2.05, 4.69) is 31.0 Å². The fourth-order valence-electron chi connectivity index (χ4n) is 1.56. The van der Waals surface area contributed by atoms with Crippen LogP contribution in [-0.4, -0.2) is 19.7 Å². The molecule has 0 aromatic heterocycles. The first-order valence-corrected chi connectivity index (χ1v) is 6.26. The van der Waals surface area contributed by atoms with Crippen LogP contribution in [0.25, 0.3) is 0 Å². The maximum atomic E-state index is 5.68. The molecule has 1 atom stereocenters. The molecule has 2 nitrogen and oxygen atoms in total. The number of rotatable bonds is 9.